The lowest BCUT2D eigenvalue weighted by molar-refractivity contribution is 0.102. The van der Waals surface area contributed by atoms with E-state index in [0.717, 1.165) is 29.1 Å². The minimum absolute atomic E-state index is 0.156. The van der Waals surface area contributed by atoms with Gasteiger partial charge in [0.25, 0.3) is 5.91 Å². The first-order chi connectivity index (χ1) is 12.5. The molecule has 0 aliphatic carbocycles. The Balaban J connectivity index is 1.59. The Hall–Kier alpha value is -2.53. The number of nitrogens with two attached hydrogens (primary N) is 1. The zero-order valence-electron chi connectivity index (χ0n) is 15.5. The number of ether oxygens (including phenoxy) is 1. The second kappa shape index (κ2) is 8.23. The first-order valence-corrected chi connectivity index (χ1v) is 9.16. The van der Waals surface area contributed by atoms with E-state index in [1.807, 2.05) is 38.1 Å². The zero-order chi connectivity index (χ0) is 18.5. The molecule has 0 aromatic heterocycles. The predicted molar refractivity (Wildman–Crippen MR) is 106 cm³/mol. The second-order valence-corrected chi connectivity index (χ2v) is 6.91. The van der Waals surface area contributed by atoms with Gasteiger partial charge in [0, 0.05) is 23.5 Å². The largest absolute Gasteiger partial charge is 0.492 e. The number of anilines is 2. The van der Waals surface area contributed by atoms with E-state index in [4.69, 9.17) is 10.5 Å². The number of rotatable bonds is 6. The van der Waals surface area contributed by atoms with Crippen LogP contribution in [0.2, 0.25) is 0 Å². The van der Waals surface area contributed by atoms with Crippen LogP contribution in [0.3, 0.4) is 0 Å². The highest BCUT2D eigenvalue weighted by atomic mass is 16.5. The Labute approximate surface area is 155 Å². The average Bonchev–Trinajstić information content (AvgIpc) is 3.12. The van der Waals surface area contributed by atoms with E-state index in [1.165, 1.54) is 25.9 Å². The maximum Gasteiger partial charge on any atom is 0.256 e. The smallest absolute Gasteiger partial charge is 0.256 e. The van der Waals surface area contributed by atoms with Crippen LogP contribution in [0.4, 0.5) is 11.4 Å². The summed E-state index contributed by atoms with van der Waals surface area (Å²) < 4.78 is 5.91. The van der Waals surface area contributed by atoms with E-state index in [-0.39, 0.29) is 5.91 Å². The molecule has 5 nitrogen and oxygen atoms in total. The number of amides is 1. The van der Waals surface area contributed by atoms with Crippen LogP contribution in [0.25, 0.3) is 0 Å². The molecule has 26 heavy (non-hydrogen) atoms. The third-order valence-corrected chi connectivity index (χ3v) is 4.80. The predicted octanol–water partition coefficient (Wildman–Crippen LogP) is 3.61. The van der Waals surface area contributed by atoms with Crippen molar-refractivity contribution in [2.45, 2.75) is 26.7 Å². The van der Waals surface area contributed by atoms with Gasteiger partial charge in [0.2, 0.25) is 0 Å². The molecule has 0 saturated carbocycles. The summed E-state index contributed by atoms with van der Waals surface area (Å²) in [6, 6.07) is 11.1. The molecule has 1 saturated heterocycles. The van der Waals surface area contributed by atoms with Crippen LogP contribution in [-0.4, -0.2) is 37.0 Å². The maximum atomic E-state index is 12.5. The summed E-state index contributed by atoms with van der Waals surface area (Å²) in [6.07, 6.45) is 2.58. The summed E-state index contributed by atoms with van der Waals surface area (Å²) in [5, 5.41) is 2.94. The molecule has 0 radical (unpaired) electrons. The molecule has 0 atom stereocenters. The molecule has 0 unspecified atom stereocenters. The van der Waals surface area contributed by atoms with E-state index < -0.39 is 0 Å². The minimum Gasteiger partial charge on any atom is -0.492 e. The number of nitrogens with zero attached hydrogens (tertiary/aromatic N) is 1. The number of aryl methyl sites for hydroxylation is 2. The Morgan fingerprint density at radius 3 is 2.62 bits per heavy atom. The molecule has 3 N–H and O–H groups in total. The molecule has 3 rings (SSSR count). The SMILES string of the molecule is Cc1cc(NC(=O)c2cc(N)ccc2C)ccc1OCCN1CCCC1. The van der Waals surface area contributed by atoms with Crippen LogP contribution in [-0.2, 0) is 0 Å². The molecule has 1 amide bonds. The van der Waals surface area contributed by atoms with Gasteiger partial charge in [-0.1, -0.05) is 6.07 Å². The third kappa shape index (κ3) is 4.55. The van der Waals surface area contributed by atoms with Crippen molar-refractivity contribution in [1.82, 2.24) is 4.90 Å². The van der Waals surface area contributed by atoms with Gasteiger partial charge in [-0.15, -0.1) is 0 Å². The zero-order valence-corrected chi connectivity index (χ0v) is 15.5. The summed E-state index contributed by atoms with van der Waals surface area (Å²) in [5.74, 6) is 0.708. The van der Waals surface area contributed by atoms with Crippen molar-refractivity contribution in [2.75, 3.05) is 37.3 Å². The third-order valence-electron chi connectivity index (χ3n) is 4.80. The van der Waals surface area contributed by atoms with Crippen molar-refractivity contribution in [1.29, 1.82) is 0 Å². The van der Waals surface area contributed by atoms with Gasteiger partial charge in [0.05, 0.1) is 0 Å². The standard InChI is InChI=1S/C21H27N3O2/c1-15-5-6-17(22)14-19(15)21(25)23-18-7-8-20(16(2)13-18)26-12-11-24-9-3-4-10-24/h5-8,13-14H,3-4,9-12,22H2,1-2H3,(H,23,25). The summed E-state index contributed by atoms with van der Waals surface area (Å²) in [6.45, 7) is 7.90. The number of nitrogens with one attached hydrogen (secondary N) is 1. The molecule has 1 fully saturated rings. The van der Waals surface area contributed by atoms with Gasteiger partial charge in [-0.3, -0.25) is 9.69 Å². The number of hydrogen-bond acceptors (Lipinski definition) is 4. The molecule has 2 aromatic carbocycles. The lowest BCUT2D eigenvalue weighted by Crippen LogP contribution is -2.25. The minimum atomic E-state index is -0.156. The summed E-state index contributed by atoms with van der Waals surface area (Å²) >= 11 is 0. The number of nitrogen functional groups attached to an aromatic ring is 1. The van der Waals surface area contributed by atoms with Crippen molar-refractivity contribution >= 4 is 17.3 Å². The molecule has 0 bridgehead atoms. The first-order valence-electron chi connectivity index (χ1n) is 9.16. The second-order valence-electron chi connectivity index (χ2n) is 6.91. The number of benzene rings is 2. The van der Waals surface area contributed by atoms with E-state index in [1.54, 1.807) is 12.1 Å². The quantitative estimate of drug-likeness (QED) is 0.779. The van der Waals surface area contributed by atoms with Gasteiger partial charge < -0.3 is 15.8 Å². The molecule has 1 aliphatic rings. The molecule has 138 valence electrons. The van der Waals surface area contributed by atoms with E-state index in [9.17, 15) is 4.79 Å². The molecule has 0 spiro atoms. The lowest BCUT2D eigenvalue weighted by atomic mass is 10.1. The van der Waals surface area contributed by atoms with Crippen molar-refractivity contribution in [2.24, 2.45) is 0 Å². The fourth-order valence-corrected chi connectivity index (χ4v) is 3.26. The van der Waals surface area contributed by atoms with Crippen molar-refractivity contribution < 1.29 is 9.53 Å². The molecular weight excluding hydrogens is 326 g/mol. The topological polar surface area (TPSA) is 67.6 Å². The molecule has 1 aliphatic heterocycles. The summed E-state index contributed by atoms with van der Waals surface area (Å²) in [4.78, 5) is 14.9. The van der Waals surface area contributed by atoms with Crippen LogP contribution in [0, 0.1) is 13.8 Å². The fraction of sp³-hybridized carbons (Fsp3) is 0.381. The van der Waals surface area contributed by atoms with Crippen molar-refractivity contribution in [3.63, 3.8) is 0 Å². The van der Waals surface area contributed by atoms with Crippen LogP contribution in [0.1, 0.15) is 34.3 Å². The first kappa shape index (κ1) is 18.3. The maximum absolute atomic E-state index is 12.5. The molecule has 5 heteroatoms. The van der Waals surface area contributed by atoms with Crippen molar-refractivity contribution in [3.05, 3.63) is 53.1 Å². The van der Waals surface area contributed by atoms with Crippen LogP contribution in [0.5, 0.6) is 5.75 Å². The highest BCUT2D eigenvalue weighted by molar-refractivity contribution is 6.05. The van der Waals surface area contributed by atoms with Crippen LogP contribution < -0.4 is 15.8 Å². The van der Waals surface area contributed by atoms with Gasteiger partial charge in [0.1, 0.15) is 12.4 Å². The molecule has 1 heterocycles. The van der Waals surface area contributed by atoms with Crippen LogP contribution in [0.15, 0.2) is 36.4 Å². The van der Waals surface area contributed by atoms with Gasteiger partial charge in [0.15, 0.2) is 0 Å². The highest BCUT2D eigenvalue weighted by Crippen LogP contribution is 2.23. The van der Waals surface area contributed by atoms with E-state index in [2.05, 4.69) is 10.2 Å². The Morgan fingerprint density at radius 2 is 1.88 bits per heavy atom. The van der Waals surface area contributed by atoms with Gasteiger partial charge >= 0.3 is 0 Å². The number of carbonyl (C=O) groups excluding carboxylic acids is 1. The Bertz CT molecular complexity index is 783. The normalized spacial score (nSPS) is 14.4. The van der Waals surface area contributed by atoms with Gasteiger partial charge in [-0.25, -0.2) is 0 Å². The summed E-state index contributed by atoms with van der Waals surface area (Å²) in [5.41, 5.74) is 9.63. The van der Waals surface area contributed by atoms with Gasteiger partial charge in [-0.05, 0) is 81.2 Å². The average molecular weight is 353 g/mol. The van der Waals surface area contributed by atoms with Crippen LogP contribution >= 0.6 is 0 Å². The Morgan fingerprint density at radius 1 is 1.12 bits per heavy atom. The van der Waals surface area contributed by atoms with E-state index >= 15 is 0 Å². The number of carbonyl (C=O) groups is 1. The van der Waals surface area contributed by atoms with E-state index in [0.29, 0.717) is 17.9 Å². The number of likely N-dealkylation sites (tertiary alicyclic amines) is 1. The monoisotopic (exact) mass is 353 g/mol. The summed E-state index contributed by atoms with van der Waals surface area (Å²) in [7, 11) is 0. The number of hydrogen-bond donors (Lipinski definition) is 2. The highest BCUT2D eigenvalue weighted by Gasteiger charge is 2.12. The van der Waals surface area contributed by atoms with Crippen molar-refractivity contribution in [3.8, 4) is 5.75 Å². The van der Waals surface area contributed by atoms with Gasteiger partial charge in [-0.2, -0.15) is 0 Å². The molecule has 2 aromatic rings. The Kier molecular flexibility index (Phi) is 5.78. The lowest BCUT2D eigenvalue weighted by Gasteiger charge is -2.16. The fourth-order valence-electron chi connectivity index (χ4n) is 3.26. The molecular formula is C21H27N3O2.